The number of amides is 1. The lowest BCUT2D eigenvalue weighted by Crippen LogP contribution is -2.29. The Balaban J connectivity index is 1.78. The van der Waals surface area contributed by atoms with Crippen molar-refractivity contribution in [1.29, 1.82) is 0 Å². The van der Waals surface area contributed by atoms with E-state index in [2.05, 4.69) is 5.32 Å². The second kappa shape index (κ2) is 9.22. The van der Waals surface area contributed by atoms with E-state index in [-0.39, 0.29) is 22.8 Å². The van der Waals surface area contributed by atoms with E-state index in [1.54, 1.807) is 42.5 Å². The Hall–Kier alpha value is -3.04. The molecule has 168 valence electrons. The summed E-state index contributed by atoms with van der Waals surface area (Å²) in [7, 11) is -3.56. The number of sulfonamides is 1. The molecule has 0 unspecified atom stereocenters. The molecule has 3 aromatic carbocycles. The van der Waals surface area contributed by atoms with Gasteiger partial charge < -0.3 is 5.32 Å². The van der Waals surface area contributed by atoms with Crippen LogP contribution in [-0.2, 0) is 22.7 Å². The minimum Gasteiger partial charge on any atom is -0.321 e. The Morgan fingerprint density at radius 3 is 2.19 bits per heavy atom. The summed E-state index contributed by atoms with van der Waals surface area (Å²) in [5, 5.41) is 2.34. The van der Waals surface area contributed by atoms with Crippen LogP contribution in [0.25, 0.3) is 0 Å². The Labute approximate surface area is 188 Å². The summed E-state index contributed by atoms with van der Waals surface area (Å²) in [6.07, 6.45) is -3.48. The molecule has 3 aromatic rings. The van der Waals surface area contributed by atoms with Crippen LogP contribution in [0, 0.1) is 0 Å². The molecule has 1 amide bonds. The first-order valence-electron chi connectivity index (χ1n) is 9.25. The second-order valence-electron chi connectivity index (χ2n) is 6.95. The molecule has 0 aliphatic rings. The molecular formula is C22H18ClF3N2O3S. The van der Waals surface area contributed by atoms with Gasteiger partial charge in [0.25, 0.3) is 5.91 Å². The van der Waals surface area contributed by atoms with Gasteiger partial charge in [0, 0.05) is 5.56 Å². The topological polar surface area (TPSA) is 66.5 Å². The summed E-state index contributed by atoms with van der Waals surface area (Å²) < 4.78 is 64.4. The maximum Gasteiger partial charge on any atom is 0.416 e. The molecule has 10 heteroatoms. The van der Waals surface area contributed by atoms with Crippen molar-refractivity contribution < 1.29 is 26.4 Å². The zero-order chi connectivity index (χ0) is 23.5. The molecule has 1 N–H and O–H groups in total. The van der Waals surface area contributed by atoms with Crippen molar-refractivity contribution in [2.75, 3.05) is 15.9 Å². The van der Waals surface area contributed by atoms with Gasteiger partial charge in [-0.15, -0.1) is 0 Å². The third-order valence-electron chi connectivity index (χ3n) is 4.53. The number of carbonyl (C=O) groups excluding carboxylic acids is 1. The van der Waals surface area contributed by atoms with Gasteiger partial charge in [-0.1, -0.05) is 41.9 Å². The van der Waals surface area contributed by atoms with E-state index < -0.39 is 27.7 Å². The quantitative estimate of drug-likeness (QED) is 0.499. The molecule has 0 aromatic heterocycles. The first-order valence-corrected chi connectivity index (χ1v) is 11.5. The number of nitrogens with zero attached hydrogens (tertiary/aromatic N) is 1. The fourth-order valence-electron chi connectivity index (χ4n) is 2.91. The molecule has 0 aliphatic carbocycles. The third-order valence-corrected chi connectivity index (χ3v) is 6.00. The molecule has 0 spiro atoms. The van der Waals surface area contributed by atoms with Gasteiger partial charge in [-0.25, -0.2) is 8.42 Å². The molecule has 0 saturated carbocycles. The van der Waals surface area contributed by atoms with Gasteiger partial charge in [0.05, 0.1) is 34.8 Å². The molecule has 0 aliphatic heterocycles. The molecule has 0 atom stereocenters. The van der Waals surface area contributed by atoms with E-state index in [1.165, 1.54) is 16.4 Å². The minimum absolute atomic E-state index is 0.0328. The number of anilines is 2. The van der Waals surface area contributed by atoms with Crippen LogP contribution in [0.3, 0.4) is 0 Å². The molecule has 0 fully saturated rings. The van der Waals surface area contributed by atoms with Crippen LogP contribution in [0.1, 0.15) is 21.5 Å². The average Bonchev–Trinajstić information content (AvgIpc) is 2.73. The van der Waals surface area contributed by atoms with Gasteiger partial charge in [-0.2, -0.15) is 13.2 Å². The number of halogens is 4. The van der Waals surface area contributed by atoms with Crippen molar-refractivity contribution in [1.82, 2.24) is 0 Å². The summed E-state index contributed by atoms with van der Waals surface area (Å²) in [5.41, 5.74) is 0.189. The Morgan fingerprint density at radius 1 is 1.00 bits per heavy atom. The highest BCUT2D eigenvalue weighted by Gasteiger charge is 2.31. The second-order valence-corrected chi connectivity index (χ2v) is 9.26. The summed E-state index contributed by atoms with van der Waals surface area (Å²) in [5.74, 6) is -0.652. The van der Waals surface area contributed by atoms with Crippen molar-refractivity contribution in [3.63, 3.8) is 0 Å². The molecule has 5 nitrogen and oxygen atoms in total. The average molecular weight is 483 g/mol. The highest BCUT2D eigenvalue weighted by Crippen LogP contribution is 2.34. The number of hydrogen-bond acceptors (Lipinski definition) is 3. The van der Waals surface area contributed by atoms with Crippen molar-refractivity contribution in [2.45, 2.75) is 12.7 Å². The van der Waals surface area contributed by atoms with Gasteiger partial charge in [0.2, 0.25) is 10.0 Å². The third kappa shape index (κ3) is 5.80. The molecule has 0 saturated heterocycles. The van der Waals surface area contributed by atoms with Crippen LogP contribution in [-0.4, -0.2) is 20.6 Å². The van der Waals surface area contributed by atoms with E-state index in [4.69, 9.17) is 11.6 Å². The summed E-state index contributed by atoms with van der Waals surface area (Å²) in [6, 6.07) is 17.3. The number of carbonyl (C=O) groups is 1. The maximum atomic E-state index is 12.9. The zero-order valence-electron chi connectivity index (χ0n) is 16.7. The van der Waals surface area contributed by atoms with Gasteiger partial charge in [0.15, 0.2) is 0 Å². The fourth-order valence-corrected chi connectivity index (χ4v) is 3.97. The monoisotopic (exact) mass is 482 g/mol. The van der Waals surface area contributed by atoms with Crippen LogP contribution in [0.15, 0.2) is 72.8 Å². The van der Waals surface area contributed by atoms with Crippen molar-refractivity contribution in [3.8, 4) is 0 Å². The van der Waals surface area contributed by atoms with Gasteiger partial charge in [-0.05, 0) is 48.0 Å². The van der Waals surface area contributed by atoms with Crippen LogP contribution in [0.4, 0.5) is 24.5 Å². The van der Waals surface area contributed by atoms with Gasteiger partial charge in [-0.3, -0.25) is 9.10 Å². The van der Waals surface area contributed by atoms with E-state index >= 15 is 0 Å². The van der Waals surface area contributed by atoms with E-state index in [0.717, 1.165) is 24.5 Å². The van der Waals surface area contributed by atoms with Crippen molar-refractivity contribution in [3.05, 3.63) is 94.5 Å². The van der Waals surface area contributed by atoms with Crippen LogP contribution in [0.5, 0.6) is 0 Å². The van der Waals surface area contributed by atoms with Crippen LogP contribution >= 0.6 is 11.6 Å². The normalized spacial score (nSPS) is 11.8. The number of nitrogens with one attached hydrogen (secondary N) is 1. The Bertz CT molecular complexity index is 1220. The first kappa shape index (κ1) is 23.6. The largest absolute Gasteiger partial charge is 0.416 e. The summed E-state index contributed by atoms with van der Waals surface area (Å²) in [6.45, 7) is 0.0458. The lowest BCUT2D eigenvalue weighted by molar-refractivity contribution is -0.137. The van der Waals surface area contributed by atoms with Crippen molar-refractivity contribution >= 4 is 38.9 Å². The predicted molar refractivity (Wildman–Crippen MR) is 118 cm³/mol. The van der Waals surface area contributed by atoms with E-state index in [9.17, 15) is 26.4 Å². The van der Waals surface area contributed by atoms with Crippen LogP contribution in [0.2, 0.25) is 5.02 Å². The smallest absolute Gasteiger partial charge is 0.321 e. The maximum absolute atomic E-state index is 12.9. The number of benzene rings is 3. The molecule has 3 rings (SSSR count). The summed E-state index contributed by atoms with van der Waals surface area (Å²) >= 11 is 5.92. The van der Waals surface area contributed by atoms with Crippen molar-refractivity contribution in [2.24, 2.45) is 0 Å². The van der Waals surface area contributed by atoms with E-state index in [1.807, 2.05) is 0 Å². The number of hydrogen-bond donors (Lipinski definition) is 1. The molecule has 32 heavy (non-hydrogen) atoms. The SMILES string of the molecule is CS(=O)(=O)N(Cc1ccc(C(=O)Nc2cc(C(F)(F)F)ccc2Cl)cc1)c1ccccc1. The lowest BCUT2D eigenvalue weighted by Gasteiger charge is -2.22. The number of rotatable bonds is 6. The Kier molecular flexibility index (Phi) is 6.80. The first-order chi connectivity index (χ1) is 14.9. The molecule has 0 radical (unpaired) electrons. The Morgan fingerprint density at radius 2 is 1.62 bits per heavy atom. The highest BCUT2D eigenvalue weighted by molar-refractivity contribution is 7.92. The van der Waals surface area contributed by atoms with Crippen LogP contribution < -0.4 is 9.62 Å². The summed E-state index contributed by atoms with van der Waals surface area (Å²) in [4.78, 5) is 12.5. The van der Waals surface area contributed by atoms with E-state index in [0.29, 0.717) is 11.3 Å². The number of para-hydroxylation sites is 1. The number of alkyl halides is 3. The molecule has 0 bridgehead atoms. The highest BCUT2D eigenvalue weighted by atomic mass is 35.5. The molecular weight excluding hydrogens is 465 g/mol. The standard InChI is InChI=1S/C22H18ClF3N2O3S/c1-32(30,31)28(18-5-3-2-4-6-18)14-15-7-9-16(10-8-15)21(29)27-20-13-17(22(24,25)26)11-12-19(20)23/h2-13H,14H2,1H3,(H,27,29). The fraction of sp³-hybridized carbons (Fsp3) is 0.136. The van der Waals surface area contributed by atoms with Gasteiger partial charge >= 0.3 is 6.18 Å². The predicted octanol–water partition coefficient (Wildman–Crippen LogP) is 5.58. The minimum atomic E-state index is -4.57. The zero-order valence-corrected chi connectivity index (χ0v) is 18.3. The van der Waals surface area contributed by atoms with Gasteiger partial charge in [0.1, 0.15) is 0 Å². The lowest BCUT2D eigenvalue weighted by atomic mass is 10.1. The molecule has 0 heterocycles.